The van der Waals surface area contributed by atoms with Crippen LogP contribution in [-0.2, 0) is 19.5 Å². The number of fused-ring (bicyclic) bond motifs is 1. The Morgan fingerprint density at radius 3 is 2.91 bits per heavy atom. The van der Waals surface area contributed by atoms with E-state index in [1.165, 1.54) is 12.8 Å². The van der Waals surface area contributed by atoms with Crippen molar-refractivity contribution in [2.75, 3.05) is 6.54 Å². The fourth-order valence-electron chi connectivity index (χ4n) is 3.13. The van der Waals surface area contributed by atoms with E-state index in [9.17, 15) is 10.1 Å². The quantitative estimate of drug-likeness (QED) is 0.641. The fourth-order valence-corrected chi connectivity index (χ4v) is 3.13. The number of rotatable bonds is 4. The Morgan fingerprint density at radius 2 is 2.13 bits per heavy atom. The average molecular weight is 310 g/mol. The van der Waals surface area contributed by atoms with Crippen molar-refractivity contribution in [2.45, 2.75) is 38.3 Å². The van der Waals surface area contributed by atoms with Crippen LogP contribution in [0, 0.1) is 10.1 Å². The van der Waals surface area contributed by atoms with Gasteiger partial charge in [-0.1, -0.05) is 18.2 Å². The van der Waals surface area contributed by atoms with Crippen LogP contribution in [0.5, 0.6) is 0 Å². The second-order valence-electron chi connectivity index (χ2n) is 6.32. The van der Waals surface area contributed by atoms with Gasteiger partial charge in [0.2, 0.25) is 0 Å². The number of nitro benzene ring substituents is 1. The molecule has 0 amide bonds. The van der Waals surface area contributed by atoms with Crippen molar-refractivity contribution < 1.29 is 4.92 Å². The van der Waals surface area contributed by atoms with Crippen LogP contribution in [0.25, 0.3) is 0 Å². The second-order valence-corrected chi connectivity index (χ2v) is 6.32. The Bertz CT molecular complexity index is 758. The molecule has 0 saturated heterocycles. The highest BCUT2D eigenvalue weighted by molar-refractivity contribution is 5.39. The molecular weight excluding hydrogens is 292 g/mol. The van der Waals surface area contributed by atoms with E-state index in [1.807, 2.05) is 18.3 Å². The molecule has 4 rings (SSSR count). The highest BCUT2D eigenvalue weighted by atomic mass is 16.6. The van der Waals surface area contributed by atoms with E-state index in [1.54, 1.807) is 12.1 Å². The Hall–Kier alpha value is -2.34. The van der Waals surface area contributed by atoms with E-state index in [0.717, 1.165) is 42.2 Å². The molecule has 1 aliphatic heterocycles. The van der Waals surface area contributed by atoms with Gasteiger partial charge in [-0.15, -0.1) is 0 Å². The summed E-state index contributed by atoms with van der Waals surface area (Å²) in [6, 6.07) is 6.96. The number of benzene rings is 1. The fraction of sp³-hybridized carbons (Fsp3) is 0.412. The Kier molecular flexibility index (Phi) is 3.53. The van der Waals surface area contributed by atoms with Gasteiger partial charge in [0, 0.05) is 61.1 Å². The van der Waals surface area contributed by atoms with Gasteiger partial charge in [-0.2, -0.15) is 0 Å². The molecule has 0 bridgehead atoms. The van der Waals surface area contributed by atoms with E-state index in [4.69, 9.17) is 4.98 Å². The molecule has 6 nitrogen and oxygen atoms in total. The summed E-state index contributed by atoms with van der Waals surface area (Å²) < 4.78 is 0. The Morgan fingerprint density at radius 1 is 1.30 bits per heavy atom. The highest BCUT2D eigenvalue weighted by Gasteiger charge is 2.28. The minimum atomic E-state index is -0.307. The summed E-state index contributed by atoms with van der Waals surface area (Å²) >= 11 is 0. The summed E-state index contributed by atoms with van der Waals surface area (Å²) in [4.78, 5) is 22.3. The van der Waals surface area contributed by atoms with Gasteiger partial charge >= 0.3 is 0 Å². The number of nitro groups is 1. The predicted molar refractivity (Wildman–Crippen MR) is 84.9 cm³/mol. The van der Waals surface area contributed by atoms with Crippen molar-refractivity contribution in [3.63, 3.8) is 0 Å². The number of hydrogen-bond donors (Lipinski definition) is 0. The van der Waals surface area contributed by atoms with E-state index in [2.05, 4.69) is 9.88 Å². The van der Waals surface area contributed by atoms with Gasteiger partial charge in [-0.3, -0.25) is 15.0 Å². The molecule has 1 fully saturated rings. The minimum absolute atomic E-state index is 0.193. The second kappa shape index (κ2) is 5.70. The lowest BCUT2D eigenvalue weighted by molar-refractivity contribution is -0.385. The first-order valence-electron chi connectivity index (χ1n) is 8.00. The lowest BCUT2D eigenvalue weighted by Crippen LogP contribution is -2.31. The molecule has 23 heavy (non-hydrogen) atoms. The third-order valence-corrected chi connectivity index (χ3v) is 4.56. The number of nitrogens with zero attached hydrogens (tertiary/aromatic N) is 4. The summed E-state index contributed by atoms with van der Waals surface area (Å²) in [7, 11) is 0. The highest BCUT2D eigenvalue weighted by Crippen LogP contribution is 2.38. The smallest absolute Gasteiger partial charge is 0.273 e. The van der Waals surface area contributed by atoms with Gasteiger partial charge < -0.3 is 0 Å². The van der Waals surface area contributed by atoms with Crippen molar-refractivity contribution in [2.24, 2.45) is 0 Å². The van der Waals surface area contributed by atoms with Crippen LogP contribution in [0.4, 0.5) is 5.69 Å². The van der Waals surface area contributed by atoms with Gasteiger partial charge in [0.15, 0.2) is 0 Å². The topological polar surface area (TPSA) is 72.2 Å². The van der Waals surface area contributed by atoms with E-state index in [0.29, 0.717) is 12.5 Å². The summed E-state index contributed by atoms with van der Waals surface area (Å²) in [6.07, 6.45) is 5.25. The molecule has 1 aromatic carbocycles. The van der Waals surface area contributed by atoms with Gasteiger partial charge in [0.05, 0.1) is 4.92 Å². The average Bonchev–Trinajstić information content (AvgIpc) is 3.39. The van der Waals surface area contributed by atoms with E-state index < -0.39 is 0 Å². The van der Waals surface area contributed by atoms with Gasteiger partial charge in [-0.05, 0) is 12.8 Å². The maximum Gasteiger partial charge on any atom is 0.273 e. The first kappa shape index (κ1) is 14.3. The molecule has 0 unspecified atom stereocenters. The molecule has 118 valence electrons. The lowest BCUT2D eigenvalue weighted by Gasteiger charge is -2.28. The zero-order valence-corrected chi connectivity index (χ0v) is 12.8. The molecule has 1 aliphatic carbocycles. The van der Waals surface area contributed by atoms with Crippen molar-refractivity contribution in [3.05, 3.63) is 63.2 Å². The zero-order chi connectivity index (χ0) is 15.8. The lowest BCUT2D eigenvalue weighted by atomic mass is 10.1. The molecule has 0 N–H and O–H groups in total. The molecule has 2 aliphatic rings. The largest absolute Gasteiger partial charge is 0.294 e. The van der Waals surface area contributed by atoms with Crippen LogP contribution in [0.1, 0.15) is 41.4 Å². The van der Waals surface area contributed by atoms with Crippen LogP contribution in [-0.4, -0.2) is 26.3 Å². The molecule has 0 atom stereocenters. The van der Waals surface area contributed by atoms with Crippen LogP contribution >= 0.6 is 0 Å². The molecule has 2 heterocycles. The third kappa shape index (κ3) is 2.94. The molecule has 6 heteroatoms. The van der Waals surface area contributed by atoms with Crippen molar-refractivity contribution in [1.29, 1.82) is 0 Å². The van der Waals surface area contributed by atoms with Crippen LogP contribution in [0.2, 0.25) is 0 Å². The Balaban J connectivity index is 1.51. The monoisotopic (exact) mass is 310 g/mol. The molecule has 0 spiro atoms. The summed E-state index contributed by atoms with van der Waals surface area (Å²) in [5, 5.41) is 11.1. The van der Waals surface area contributed by atoms with E-state index in [-0.39, 0.29) is 10.6 Å². The van der Waals surface area contributed by atoms with Crippen molar-refractivity contribution >= 4 is 5.69 Å². The van der Waals surface area contributed by atoms with Crippen molar-refractivity contribution in [1.82, 2.24) is 14.9 Å². The van der Waals surface area contributed by atoms with Crippen LogP contribution in [0.15, 0.2) is 30.5 Å². The summed E-state index contributed by atoms with van der Waals surface area (Å²) in [5.74, 6) is 1.57. The van der Waals surface area contributed by atoms with Crippen LogP contribution in [0.3, 0.4) is 0 Å². The first-order valence-corrected chi connectivity index (χ1v) is 8.00. The third-order valence-electron chi connectivity index (χ3n) is 4.56. The molecule has 0 radical (unpaired) electrons. The SMILES string of the molecule is O=[N+]([O-])c1ccccc1CN1CCc2nc(C3CC3)ncc2C1. The molecular formula is C17H18N4O2. The normalized spacial score (nSPS) is 17.7. The van der Waals surface area contributed by atoms with Gasteiger partial charge in [0.25, 0.3) is 5.69 Å². The Labute approximate surface area is 134 Å². The van der Waals surface area contributed by atoms with Crippen molar-refractivity contribution in [3.8, 4) is 0 Å². The summed E-state index contributed by atoms with van der Waals surface area (Å²) in [5.41, 5.74) is 3.26. The van der Waals surface area contributed by atoms with Gasteiger partial charge in [0.1, 0.15) is 5.82 Å². The maximum atomic E-state index is 11.1. The zero-order valence-electron chi connectivity index (χ0n) is 12.8. The minimum Gasteiger partial charge on any atom is -0.294 e. The van der Waals surface area contributed by atoms with Crippen LogP contribution < -0.4 is 0 Å². The maximum absolute atomic E-state index is 11.1. The first-order chi connectivity index (χ1) is 11.2. The standard InChI is InChI=1S/C17H18N4O2/c22-21(23)16-4-2-1-3-13(16)10-20-8-7-15-14(11-20)9-18-17(19-15)12-5-6-12/h1-4,9,12H,5-8,10-11H2. The van der Waals surface area contributed by atoms with Gasteiger partial charge in [-0.25, -0.2) is 9.97 Å². The summed E-state index contributed by atoms with van der Waals surface area (Å²) in [6.45, 7) is 2.22. The number of aromatic nitrogens is 2. The molecule has 1 aromatic heterocycles. The number of para-hydroxylation sites is 1. The van der Waals surface area contributed by atoms with E-state index >= 15 is 0 Å². The predicted octanol–water partition coefficient (Wildman–Crippen LogP) is 2.82. The molecule has 1 saturated carbocycles. The molecule has 2 aromatic rings. The number of hydrogen-bond acceptors (Lipinski definition) is 5.